The molecule has 0 aromatic heterocycles. The van der Waals surface area contributed by atoms with Gasteiger partial charge in [-0.2, -0.15) is 0 Å². The molecule has 0 atom stereocenters. The van der Waals surface area contributed by atoms with E-state index in [-0.39, 0.29) is 17.7 Å². The molecule has 0 radical (unpaired) electrons. The molecule has 0 aliphatic carbocycles. The van der Waals surface area contributed by atoms with Crippen molar-refractivity contribution in [3.8, 4) is 0 Å². The molecule has 5 heteroatoms. The highest BCUT2D eigenvalue weighted by molar-refractivity contribution is 6.14. The van der Waals surface area contributed by atoms with Crippen LogP contribution in [0.5, 0.6) is 0 Å². The van der Waals surface area contributed by atoms with Crippen LogP contribution in [0.1, 0.15) is 13.3 Å². The maximum atomic E-state index is 12.1. The zero-order valence-corrected chi connectivity index (χ0v) is 10.3. The Morgan fingerprint density at radius 1 is 1.44 bits per heavy atom. The van der Waals surface area contributed by atoms with Crippen molar-refractivity contribution < 1.29 is 14.3 Å². The van der Waals surface area contributed by atoms with Gasteiger partial charge in [-0.25, -0.2) is 0 Å². The summed E-state index contributed by atoms with van der Waals surface area (Å²) < 4.78 is 5.03. The molecule has 1 aromatic rings. The van der Waals surface area contributed by atoms with Gasteiger partial charge in [-0.15, -0.1) is 0 Å². The first-order valence-electron chi connectivity index (χ1n) is 5.84. The number of carbonyl (C=O) groups excluding carboxylic acids is 2. The molecule has 1 aliphatic heterocycles. The molecule has 1 aliphatic rings. The van der Waals surface area contributed by atoms with Crippen molar-refractivity contribution in [1.29, 1.82) is 0 Å². The van der Waals surface area contributed by atoms with Gasteiger partial charge in [0.15, 0.2) is 0 Å². The van der Waals surface area contributed by atoms with E-state index in [4.69, 9.17) is 10.5 Å². The third-order valence-electron chi connectivity index (χ3n) is 2.86. The molecular weight excluding hydrogens is 232 g/mol. The lowest BCUT2D eigenvalue weighted by atomic mass is 10.0. The summed E-state index contributed by atoms with van der Waals surface area (Å²) in [5.74, 6) is -0.285. The van der Waals surface area contributed by atoms with E-state index in [1.54, 1.807) is 24.3 Å². The van der Waals surface area contributed by atoms with Gasteiger partial charge in [0.25, 0.3) is 0 Å². The quantitative estimate of drug-likeness (QED) is 0.815. The number of benzene rings is 1. The molecule has 5 nitrogen and oxygen atoms in total. The fraction of sp³-hybridized carbons (Fsp3) is 0.385. The van der Waals surface area contributed by atoms with Gasteiger partial charge < -0.3 is 10.5 Å². The zero-order chi connectivity index (χ0) is 13.1. The van der Waals surface area contributed by atoms with Crippen molar-refractivity contribution in [3.05, 3.63) is 24.3 Å². The van der Waals surface area contributed by atoms with Gasteiger partial charge in [0.2, 0.25) is 11.8 Å². The molecule has 18 heavy (non-hydrogen) atoms. The van der Waals surface area contributed by atoms with Gasteiger partial charge in [0.05, 0.1) is 18.9 Å². The normalized spacial score (nSPS) is 14.9. The summed E-state index contributed by atoms with van der Waals surface area (Å²) in [6.45, 7) is 2.56. The van der Waals surface area contributed by atoms with Gasteiger partial charge in [-0.1, -0.05) is 6.07 Å². The van der Waals surface area contributed by atoms with E-state index in [2.05, 4.69) is 0 Å². The predicted octanol–water partition coefficient (Wildman–Crippen LogP) is 1.18. The molecule has 1 fully saturated rings. The number of hydrogen-bond acceptors (Lipinski definition) is 4. The standard InChI is InChI=1S/C13H16N2O3/c1-9(16)15(12-4-2-3-11(14)6-12)13(17)5-10-7-18-8-10/h2-4,6,10H,5,7-8,14H2,1H3. The summed E-state index contributed by atoms with van der Waals surface area (Å²) in [4.78, 5) is 24.9. The smallest absolute Gasteiger partial charge is 0.234 e. The maximum absolute atomic E-state index is 12.1. The van der Waals surface area contributed by atoms with E-state index in [0.717, 1.165) is 0 Å². The number of nitrogens with zero attached hydrogens (tertiary/aromatic N) is 1. The third-order valence-corrected chi connectivity index (χ3v) is 2.86. The van der Waals surface area contributed by atoms with Crippen LogP contribution < -0.4 is 10.6 Å². The number of nitrogen functional groups attached to an aromatic ring is 1. The Kier molecular flexibility index (Phi) is 3.62. The summed E-state index contributed by atoms with van der Waals surface area (Å²) in [5.41, 5.74) is 6.71. The van der Waals surface area contributed by atoms with Gasteiger partial charge in [0, 0.05) is 24.9 Å². The van der Waals surface area contributed by atoms with Crippen LogP contribution in [-0.2, 0) is 14.3 Å². The Morgan fingerprint density at radius 3 is 2.67 bits per heavy atom. The van der Waals surface area contributed by atoms with E-state index in [1.807, 2.05) is 0 Å². The fourth-order valence-electron chi connectivity index (χ4n) is 1.91. The second kappa shape index (κ2) is 5.18. The fourth-order valence-corrected chi connectivity index (χ4v) is 1.91. The second-order valence-electron chi connectivity index (χ2n) is 4.45. The molecule has 1 saturated heterocycles. The summed E-state index contributed by atoms with van der Waals surface area (Å²) in [7, 11) is 0. The Labute approximate surface area is 106 Å². The minimum atomic E-state index is -0.300. The Morgan fingerprint density at radius 2 is 2.17 bits per heavy atom. The Hall–Kier alpha value is -1.88. The molecule has 1 heterocycles. The summed E-state index contributed by atoms with van der Waals surface area (Å²) in [5, 5.41) is 0. The summed E-state index contributed by atoms with van der Waals surface area (Å²) >= 11 is 0. The summed E-state index contributed by atoms with van der Waals surface area (Å²) in [6, 6.07) is 6.76. The lowest BCUT2D eigenvalue weighted by Crippen LogP contribution is -2.39. The predicted molar refractivity (Wildman–Crippen MR) is 67.9 cm³/mol. The van der Waals surface area contributed by atoms with E-state index < -0.39 is 0 Å². The zero-order valence-electron chi connectivity index (χ0n) is 10.3. The molecule has 0 spiro atoms. The highest BCUT2D eigenvalue weighted by Crippen LogP contribution is 2.22. The van der Waals surface area contributed by atoms with Gasteiger partial charge in [-0.05, 0) is 18.2 Å². The van der Waals surface area contributed by atoms with E-state index in [0.29, 0.717) is 31.0 Å². The van der Waals surface area contributed by atoms with E-state index in [1.165, 1.54) is 11.8 Å². The van der Waals surface area contributed by atoms with Crippen molar-refractivity contribution in [2.45, 2.75) is 13.3 Å². The Balaban J connectivity index is 2.16. The molecular formula is C13H16N2O3. The van der Waals surface area contributed by atoms with Crippen LogP contribution in [0, 0.1) is 5.92 Å². The first-order valence-corrected chi connectivity index (χ1v) is 5.84. The average molecular weight is 248 g/mol. The first kappa shape index (κ1) is 12.6. The van der Waals surface area contributed by atoms with Gasteiger partial charge >= 0.3 is 0 Å². The van der Waals surface area contributed by atoms with Crippen LogP contribution in [0.3, 0.4) is 0 Å². The van der Waals surface area contributed by atoms with E-state index in [9.17, 15) is 9.59 Å². The summed E-state index contributed by atoms with van der Waals surface area (Å²) in [6.07, 6.45) is 0.328. The lowest BCUT2D eigenvalue weighted by Gasteiger charge is -2.28. The van der Waals surface area contributed by atoms with Crippen molar-refractivity contribution >= 4 is 23.2 Å². The Bertz CT molecular complexity index is 469. The lowest BCUT2D eigenvalue weighted by molar-refractivity contribution is -0.128. The van der Waals surface area contributed by atoms with Crippen molar-refractivity contribution in [2.24, 2.45) is 5.92 Å². The molecule has 96 valence electrons. The van der Waals surface area contributed by atoms with Crippen LogP contribution in [-0.4, -0.2) is 25.0 Å². The van der Waals surface area contributed by atoms with Crippen molar-refractivity contribution in [3.63, 3.8) is 0 Å². The molecule has 2 amide bonds. The van der Waals surface area contributed by atoms with Crippen LogP contribution in [0.4, 0.5) is 11.4 Å². The van der Waals surface area contributed by atoms with Crippen molar-refractivity contribution in [2.75, 3.05) is 23.8 Å². The largest absolute Gasteiger partial charge is 0.399 e. The van der Waals surface area contributed by atoms with Crippen LogP contribution >= 0.6 is 0 Å². The SMILES string of the molecule is CC(=O)N(C(=O)CC1COC1)c1cccc(N)c1. The molecule has 0 bridgehead atoms. The highest BCUT2D eigenvalue weighted by atomic mass is 16.5. The van der Waals surface area contributed by atoms with Crippen LogP contribution in [0.25, 0.3) is 0 Å². The van der Waals surface area contributed by atoms with Crippen LogP contribution in [0.15, 0.2) is 24.3 Å². The molecule has 2 rings (SSSR count). The van der Waals surface area contributed by atoms with E-state index >= 15 is 0 Å². The minimum Gasteiger partial charge on any atom is -0.399 e. The molecule has 1 aromatic carbocycles. The first-order chi connectivity index (χ1) is 8.58. The molecule has 0 unspecified atom stereocenters. The van der Waals surface area contributed by atoms with Crippen LogP contribution in [0.2, 0.25) is 0 Å². The van der Waals surface area contributed by atoms with Gasteiger partial charge in [-0.3, -0.25) is 14.5 Å². The monoisotopic (exact) mass is 248 g/mol. The number of hydrogen-bond donors (Lipinski definition) is 1. The molecule has 0 saturated carbocycles. The number of rotatable bonds is 3. The third kappa shape index (κ3) is 2.68. The number of amides is 2. The number of imide groups is 1. The average Bonchev–Trinajstić information content (AvgIpc) is 2.23. The van der Waals surface area contributed by atoms with Gasteiger partial charge in [0.1, 0.15) is 0 Å². The molecule has 2 N–H and O–H groups in total. The number of nitrogens with two attached hydrogens (primary N) is 1. The number of ether oxygens (including phenoxy) is 1. The number of anilines is 2. The maximum Gasteiger partial charge on any atom is 0.234 e. The second-order valence-corrected chi connectivity index (χ2v) is 4.45. The highest BCUT2D eigenvalue weighted by Gasteiger charge is 2.27. The number of carbonyl (C=O) groups is 2. The topological polar surface area (TPSA) is 72.6 Å². The van der Waals surface area contributed by atoms with Crippen molar-refractivity contribution in [1.82, 2.24) is 0 Å². The minimum absolute atomic E-state index is 0.207.